The van der Waals surface area contributed by atoms with Crippen LogP contribution < -0.4 is 10.2 Å². The molecule has 1 fully saturated rings. The Hall–Kier alpha value is -2.14. The first-order valence-electron chi connectivity index (χ1n) is 7.83. The minimum absolute atomic E-state index is 0.162. The van der Waals surface area contributed by atoms with Crippen molar-refractivity contribution in [3.8, 4) is 0 Å². The molecule has 0 aliphatic carbocycles. The van der Waals surface area contributed by atoms with Crippen molar-refractivity contribution < 1.29 is 9.59 Å². The standard InChI is InChI=1S/C19H19BrN2O2/c1-11-8-12(2)18(13(3)9-11)22-17(23)10-16(19(22)24)21-15-6-4-14(20)5-7-15/h4-9,16,21H,10H2,1-3H3. The second-order valence-electron chi connectivity index (χ2n) is 6.22. The van der Waals surface area contributed by atoms with E-state index in [1.54, 1.807) is 0 Å². The lowest BCUT2D eigenvalue weighted by Crippen LogP contribution is -2.35. The molecule has 1 saturated heterocycles. The Kier molecular flexibility index (Phi) is 4.45. The molecule has 0 bridgehead atoms. The topological polar surface area (TPSA) is 49.4 Å². The van der Waals surface area contributed by atoms with E-state index in [4.69, 9.17) is 0 Å². The van der Waals surface area contributed by atoms with E-state index in [-0.39, 0.29) is 18.2 Å². The number of imide groups is 1. The zero-order valence-electron chi connectivity index (χ0n) is 13.9. The zero-order valence-corrected chi connectivity index (χ0v) is 15.5. The van der Waals surface area contributed by atoms with Crippen molar-refractivity contribution in [2.45, 2.75) is 33.2 Å². The van der Waals surface area contributed by atoms with E-state index in [0.717, 1.165) is 32.5 Å². The number of carbonyl (C=O) groups excluding carboxylic acids is 2. The molecule has 3 rings (SSSR count). The van der Waals surface area contributed by atoms with Crippen LogP contribution in [-0.2, 0) is 9.59 Å². The maximum Gasteiger partial charge on any atom is 0.256 e. The van der Waals surface area contributed by atoms with Gasteiger partial charge in [0.1, 0.15) is 6.04 Å². The van der Waals surface area contributed by atoms with Crippen LogP contribution in [0.1, 0.15) is 23.1 Å². The molecule has 4 nitrogen and oxygen atoms in total. The first kappa shape index (κ1) is 16.7. The predicted octanol–water partition coefficient (Wildman–Crippen LogP) is 4.12. The van der Waals surface area contributed by atoms with E-state index in [2.05, 4.69) is 21.2 Å². The Balaban J connectivity index is 1.88. The minimum atomic E-state index is -0.529. The number of hydrogen-bond donors (Lipinski definition) is 1. The van der Waals surface area contributed by atoms with Crippen LogP contribution in [0.5, 0.6) is 0 Å². The smallest absolute Gasteiger partial charge is 0.256 e. The number of benzene rings is 2. The van der Waals surface area contributed by atoms with Gasteiger partial charge in [0.2, 0.25) is 5.91 Å². The molecule has 2 aromatic carbocycles. The highest BCUT2D eigenvalue weighted by Crippen LogP contribution is 2.31. The molecule has 0 radical (unpaired) electrons. The van der Waals surface area contributed by atoms with Gasteiger partial charge in [-0.1, -0.05) is 33.6 Å². The SMILES string of the molecule is Cc1cc(C)c(N2C(=O)CC(Nc3ccc(Br)cc3)C2=O)c(C)c1. The number of aryl methyl sites for hydroxylation is 3. The Morgan fingerprint density at radius 3 is 2.21 bits per heavy atom. The molecule has 124 valence electrons. The Labute approximate surface area is 150 Å². The number of rotatable bonds is 3. The lowest BCUT2D eigenvalue weighted by atomic mass is 10.0. The van der Waals surface area contributed by atoms with Crippen LogP contribution in [0.2, 0.25) is 0 Å². The molecular weight excluding hydrogens is 368 g/mol. The van der Waals surface area contributed by atoms with Gasteiger partial charge in [0.15, 0.2) is 0 Å². The summed E-state index contributed by atoms with van der Waals surface area (Å²) in [5.41, 5.74) is 4.55. The lowest BCUT2D eigenvalue weighted by Gasteiger charge is -2.21. The molecule has 5 heteroatoms. The Morgan fingerprint density at radius 1 is 1.04 bits per heavy atom. The molecule has 2 amide bonds. The van der Waals surface area contributed by atoms with Gasteiger partial charge in [-0.15, -0.1) is 0 Å². The summed E-state index contributed by atoms with van der Waals surface area (Å²) in [5.74, 6) is -0.359. The van der Waals surface area contributed by atoms with Crippen LogP contribution in [0.25, 0.3) is 0 Å². The fourth-order valence-corrected chi connectivity index (χ4v) is 3.52. The number of carbonyl (C=O) groups is 2. The summed E-state index contributed by atoms with van der Waals surface area (Å²) < 4.78 is 0.967. The van der Waals surface area contributed by atoms with Crippen molar-refractivity contribution in [1.29, 1.82) is 0 Å². The number of halogens is 1. The first-order valence-corrected chi connectivity index (χ1v) is 8.63. The fourth-order valence-electron chi connectivity index (χ4n) is 3.25. The summed E-state index contributed by atoms with van der Waals surface area (Å²) in [6.45, 7) is 5.88. The molecule has 1 N–H and O–H groups in total. The van der Waals surface area contributed by atoms with Gasteiger partial charge in [0.25, 0.3) is 5.91 Å². The largest absolute Gasteiger partial charge is 0.373 e. The molecule has 0 aromatic heterocycles. The first-order chi connectivity index (χ1) is 11.4. The van der Waals surface area contributed by atoms with Crippen LogP contribution in [0.3, 0.4) is 0 Å². The van der Waals surface area contributed by atoms with Crippen molar-refractivity contribution in [3.63, 3.8) is 0 Å². The summed E-state index contributed by atoms with van der Waals surface area (Å²) in [6.07, 6.45) is 0.168. The third-order valence-corrected chi connectivity index (χ3v) is 4.72. The highest BCUT2D eigenvalue weighted by atomic mass is 79.9. The van der Waals surface area contributed by atoms with Crippen LogP contribution in [0.4, 0.5) is 11.4 Å². The molecular formula is C19H19BrN2O2. The van der Waals surface area contributed by atoms with E-state index in [9.17, 15) is 9.59 Å². The van der Waals surface area contributed by atoms with Crippen LogP contribution in [0, 0.1) is 20.8 Å². The Bertz CT molecular complexity index is 792. The van der Waals surface area contributed by atoms with Crippen LogP contribution in [-0.4, -0.2) is 17.9 Å². The third kappa shape index (κ3) is 3.08. The number of nitrogens with one attached hydrogen (secondary N) is 1. The average Bonchev–Trinajstić information content (AvgIpc) is 2.76. The summed E-state index contributed by atoms with van der Waals surface area (Å²) >= 11 is 3.38. The molecule has 24 heavy (non-hydrogen) atoms. The molecule has 1 unspecified atom stereocenters. The highest BCUT2D eigenvalue weighted by Gasteiger charge is 2.40. The second kappa shape index (κ2) is 6.40. The highest BCUT2D eigenvalue weighted by molar-refractivity contribution is 9.10. The van der Waals surface area contributed by atoms with Crippen LogP contribution >= 0.6 is 15.9 Å². The van der Waals surface area contributed by atoms with E-state index < -0.39 is 6.04 Å². The van der Waals surface area contributed by atoms with Gasteiger partial charge in [-0.3, -0.25) is 9.59 Å². The number of anilines is 2. The molecule has 0 spiro atoms. The predicted molar refractivity (Wildman–Crippen MR) is 99.3 cm³/mol. The summed E-state index contributed by atoms with van der Waals surface area (Å²) in [7, 11) is 0. The quantitative estimate of drug-likeness (QED) is 0.807. The number of hydrogen-bond acceptors (Lipinski definition) is 3. The third-order valence-electron chi connectivity index (χ3n) is 4.19. The number of nitrogens with zero attached hydrogens (tertiary/aromatic N) is 1. The monoisotopic (exact) mass is 386 g/mol. The van der Waals surface area contributed by atoms with Crippen molar-refractivity contribution in [2.75, 3.05) is 10.2 Å². The van der Waals surface area contributed by atoms with Gasteiger partial charge >= 0.3 is 0 Å². The lowest BCUT2D eigenvalue weighted by molar-refractivity contribution is -0.121. The Morgan fingerprint density at radius 2 is 1.62 bits per heavy atom. The van der Waals surface area contributed by atoms with Crippen molar-refractivity contribution in [3.05, 3.63) is 57.6 Å². The molecule has 1 aliphatic heterocycles. The fraction of sp³-hybridized carbons (Fsp3) is 0.263. The van der Waals surface area contributed by atoms with E-state index in [1.807, 2.05) is 57.2 Å². The van der Waals surface area contributed by atoms with Crippen molar-refractivity contribution in [1.82, 2.24) is 0 Å². The summed E-state index contributed by atoms with van der Waals surface area (Å²) in [6, 6.07) is 11.0. The van der Waals surface area contributed by atoms with E-state index in [1.165, 1.54) is 4.90 Å². The van der Waals surface area contributed by atoms with Gasteiger partial charge < -0.3 is 5.32 Å². The molecule has 1 heterocycles. The summed E-state index contributed by atoms with van der Waals surface area (Å²) in [5, 5.41) is 3.17. The van der Waals surface area contributed by atoms with E-state index >= 15 is 0 Å². The molecule has 1 atom stereocenters. The maximum absolute atomic E-state index is 12.8. The van der Waals surface area contributed by atoms with Gasteiger partial charge in [0.05, 0.1) is 12.1 Å². The molecule has 1 aliphatic rings. The number of amides is 2. The summed E-state index contributed by atoms with van der Waals surface area (Å²) in [4.78, 5) is 26.6. The zero-order chi connectivity index (χ0) is 17.4. The van der Waals surface area contributed by atoms with Crippen molar-refractivity contribution >= 4 is 39.1 Å². The average molecular weight is 387 g/mol. The van der Waals surface area contributed by atoms with Gasteiger partial charge in [-0.2, -0.15) is 0 Å². The van der Waals surface area contributed by atoms with Gasteiger partial charge in [-0.25, -0.2) is 4.90 Å². The normalized spacial score (nSPS) is 17.5. The molecule has 0 saturated carbocycles. The molecule has 2 aromatic rings. The van der Waals surface area contributed by atoms with Crippen LogP contribution in [0.15, 0.2) is 40.9 Å². The van der Waals surface area contributed by atoms with Gasteiger partial charge in [-0.05, 0) is 56.2 Å². The van der Waals surface area contributed by atoms with Crippen molar-refractivity contribution in [2.24, 2.45) is 0 Å². The van der Waals surface area contributed by atoms with E-state index in [0.29, 0.717) is 0 Å². The second-order valence-corrected chi connectivity index (χ2v) is 7.14. The van der Waals surface area contributed by atoms with Gasteiger partial charge in [0, 0.05) is 10.2 Å². The minimum Gasteiger partial charge on any atom is -0.373 e. The maximum atomic E-state index is 12.8.